The summed E-state index contributed by atoms with van der Waals surface area (Å²) in [7, 11) is 1.94. The minimum Gasteiger partial charge on any atom is -0.339 e. The molecule has 2 nitrogen and oxygen atoms in total. The minimum atomic E-state index is 0.160. The molecule has 2 heteroatoms. The van der Waals surface area contributed by atoms with Crippen LogP contribution in [0.4, 0.5) is 0 Å². The molecule has 1 aliphatic rings. The number of hydrogen-bond acceptors (Lipinski definition) is 1. The third kappa shape index (κ3) is 2.43. The third-order valence-electron chi connectivity index (χ3n) is 3.46. The van der Waals surface area contributed by atoms with Gasteiger partial charge in [0, 0.05) is 18.7 Å². The van der Waals surface area contributed by atoms with Gasteiger partial charge in [-0.15, -0.1) is 0 Å². The van der Waals surface area contributed by atoms with Crippen LogP contribution in [0.5, 0.6) is 0 Å². The Morgan fingerprint density at radius 3 is 2.38 bits per heavy atom. The monoisotopic (exact) mass is 217 g/mol. The van der Waals surface area contributed by atoms with Crippen LogP contribution in [0.3, 0.4) is 0 Å². The Morgan fingerprint density at radius 1 is 1.12 bits per heavy atom. The van der Waals surface area contributed by atoms with E-state index in [2.05, 4.69) is 0 Å². The summed E-state index contributed by atoms with van der Waals surface area (Å²) in [5.74, 6) is 0.160. The molecule has 1 amide bonds. The Kier molecular flexibility index (Phi) is 3.60. The van der Waals surface area contributed by atoms with E-state index in [-0.39, 0.29) is 5.91 Å². The summed E-state index contributed by atoms with van der Waals surface area (Å²) < 4.78 is 0. The normalized spacial score (nSPS) is 17.1. The summed E-state index contributed by atoms with van der Waals surface area (Å²) >= 11 is 0. The maximum absolute atomic E-state index is 12.2. The van der Waals surface area contributed by atoms with Gasteiger partial charge in [0.1, 0.15) is 0 Å². The van der Waals surface area contributed by atoms with Crippen LogP contribution < -0.4 is 0 Å². The first kappa shape index (κ1) is 11.2. The molecule has 1 aromatic rings. The highest BCUT2D eigenvalue weighted by atomic mass is 16.2. The van der Waals surface area contributed by atoms with Crippen LogP contribution >= 0.6 is 0 Å². The molecule has 1 aromatic carbocycles. The standard InChI is InChI=1S/C14H19NO/c1-15(13-10-6-3-7-11-13)14(16)12-8-4-2-5-9-12/h2,4-5,8-9,13H,3,6-7,10-11H2,1H3. The summed E-state index contributed by atoms with van der Waals surface area (Å²) in [6.07, 6.45) is 6.17. The Morgan fingerprint density at radius 2 is 1.75 bits per heavy atom. The van der Waals surface area contributed by atoms with E-state index in [1.165, 1.54) is 19.3 Å². The van der Waals surface area contributed by atoms with Crippen molar-refractivity contribution >= 4 is 5.91 Å². The van der Waals surface area contributed by atoms with Gasteiger partial charge in [-0.25, -0.2) is 0 Å². The largest absolute Gasteiger partial charge is 0.339 e. The van der Waals surface area contributed by atoms with Crippen molar-refractivity contribution in [1.29, 1.82) is 0 Å². The summed E-state index contributed by atoms with van der Waals surface area (Å²) in [6.45, 7) is 0. The second kappa shape index (κ2) is 5.15. The molecule has 0 radical (unpaired) electrons. The summed E-state index contributed by atoms with van der Waals surface area (Å²) in [4.78, 5) is 14.1. The molecule has 0 saturated heterocycles. The van der Waals surface area contributed by atoms with Gasteiger partial charge in [0.25, 0.3) is 5.91 Å². The molecule has 0 heterocycles. The molecule has 0 bridgehead atoms. The lowest BCUT2D eigenvalue weighted by Gasteiger charge is -2.31. The SMILES string of the molecule is CN(C(=O)c1ccccc1)C1CCCCC1. The van der Waals surface area contributed by atoms with E-state index in [4.69, 9.17) is 0 Å². The molecular formula is C14H19NO. The van der Waals surface area contributed by atoms with Crippen molar-refractivity contribution in [2.45, 2.75) is 38.1 Å². The number of amides is 1. The van der Waals surface area contributed by atoms with Crippen LogP contribution in [0.15, 0.2) is 30.3 Å². The molecule has 0 spiro atoms. The first-order valence-corrected chi connectivity index (χ1v) is 6.11. The first-order valence-electron chi connectivity index (χ1n) is 6.11. The van der Waals surface area contributed by atoms with E-state index in [1.54, 1.807) is 0 Å². The molecule has 1 saturated carbocycles. The van der Waals surface area contributed by atoms with Gasteiger partial charge in [-0.05, 0) is 25.0 Å². The number of benzene rings is 1. The lowest BCUT2D eigenvalue weighted by Crippen LogP contribution is -2.38. The van der Waals surface area contributed by atoms with E-state index in [0.717, 1.165) is 18.4 Å². The number of carbonyl (C=O) groups is 1. The lowest BCUT2D eigenvalue weighted by molar-refractivity contribution is 0.0696. The molecule has 2 rings (SSSR count). The maximum Gasteiger partial charge on any atom is 0.253 e. The summed E-state index contributed by atoms with van der Waals surface area (Å²) in [6, 6.07) is 10.0. The quantitative estimate of drug-likeness (QED) is 0.745. The van der Waals surface area contributed by atoms with Crippen LogP contribution in [0, 0.1) is 0 Å². The van der Waals surface area contributed by atoms with Crippen LogP contribution in [0.2, 0.25) is 0 Å². The third-order valence-corrected chi connectivity index (χ3v) is 3.46. The fourth-order valence-corrected chi connectivity index (χ4v) is 2.42. The van der Waals surface area contributed by atoms with Crippen molar-refractivity contribution < 1.29 is 4.79 Å². The molecule has 1 fully saturated rings. The number of nitrogens with zero attached hydrogens (tertiary/aromatic N) is 1. The highest BCUT2D eigenvalue weighted by Gasteiger charge is 2.22. The van der Waals surface area contributed by atoms with Gasteiger partial charge in [-0.3, -0.25) is 4.79 Å². The predicted octanol–water partition coefficient (Wildman–Crippen LogP) is 3.09. The zero-order chi connectivity index (χ0) is 11.4. The van der Waals surface area contributed by atoms with E-state index in [9.17, 15) is 4.79 Å². The molecule has 86 valence electrons. The average Bonchev–Trinajstić information content (AvgIpc) is 2.39. The Labute approximate surface area is 97.3 Å². The molecule has 0 atom stereocenters. The zero-order valence-electron chi connectivity index (χ0n) is 9.86. The Hall–Kier alpha value is -1.31. The van der Waals surface area contributed by atoms with Crippen LogP contribution in [-0.2, 0) is 0 Å². The van der Waals surface area contributed by atoms with Crippen molar-refractivity contribution in [1.82, 2.24) is 4.90 Å². The Bertz CT molecular complexity index is 341. The van der Waals surface area contributed by atoms with Gasteiger partial charge in [0.2, 0.25) is 0 Å². The highest BCUT2D eigenvalue weighted by molar-refractivity contribution is 5.94. The molecule has 0 aliphatic heterocycles. The van der Waals surface area contributed by atoms with Gasteiger partial charge in [-0.1, -0.05) is 37.5 Å². The maximum atomic E-state index is 12.2. The molecular weight excluding hydrogens is 198 g/mol. The van der Waals surface area contributed by atoms with E-state index >= 15 is 0 Å². The van der Waals surface area contributed by atoms with Gasteiger partial charge in [0.15, 0.2) is 0 Å². The van der Waals surface area contributed by atoms with E-state index < -0.39 is 0 Å². The van der Waals surface area contributed by atoms with Crippen LogP contribution in [0.1, 0.15) is 42.5 Å². The topological polar surface area (TPSA) is 20.3 Å². The molecule has 1 aliphatic carbocycles. The number of rotatable bonds is 2. The lowest BCUT2D eigenvalue weighted by atomic mass is 9.94. The van der Waals surface area contributed by atoms with Gasteiger partial charge in [0.05, 0.1) is 0 Å². The van der Waals surface area contributed by atoms with Crippen molar-refractivity contribution in [3.8, 4) is 0 Å². The minimum absolute atomic E-state index is 0.160. The smallest absolute Gasteiger partial charge is 0.253 e. The zero-order valence-corrected chi connectivity index (χ0v) is 9.86. The molecule has 0 N–H and O–H groups in total. The van der Waals surface area contributed by atoms with Gasteiger partial charge < -0.3 is 4.90 Å². The van der Waals surface area contributed by atoms with Crippen molar-refractivity contribution in [2.24, 2.45) is 0 Å². The Balaban J connectivity index is 2.04. The summed E-state index contributed by atoms with van der Waals surface area (Å²) in [5.41, 5.74) is 0.801. The number of carbonyl (C=O) groups excluding carboxylic acids is 1. The molecule has 0 unspecified atom stereocenters. The predicted molar refractivity (Wildman–Crippen MR) is 65.4 cm³/mol. The molecule has 16 heavy (non-hydrogen) atoms. The highest BCUT2D eigenvalue weighted by Crippen LogP contribution is 2.22. The molecule has 0 aromatic heterocycles. The van der Waals surface area contributed by atoms with Crippen molar-refractivity contribution in [2.75, 3.05) is 7.05 Å². The van der Waals surface area contributed by atoms with E-state index in [1.807, 2.05) is 42.3 Å². The van der Waals surface area contributed by atoms with Crippen molar-refractivity contribution in [3.63, 3.8) is 0 Å². The second-order valence-corrected chi connectivity index (χ2v) is 4.57. The van der Waals surface area contributed by atoms with Crippen molar-refractivity contribution in [3.05, 3.63) is 35.9 Å². The van der Waals surface area contributed by atoms with Gasteiger partial charge >= 0.3 is 0 Å². The average molecular weight is 217 g/mol. The first-order chi connectivity index (χ1) is 7.79. The fourth-order valence-electron chi connectivity index (χ4n) is 2.42. The van der Waals surface area contributed by atoms with Crippen LogP contribution in [-0.4, -0.2) is 23.9 Å². The fraction of sp³-hybridized carbons (Fsp3) is 0.500. The summed E-state index contributed by atoms with van der Waals surface area (Å²) in [5, 5.41) is 0. The van der Waals surface area contributed by atoms with E-state index in [0.29, 0.717) is 6.04 Å². The van der Waals surface area contributed by atoms with Crippen LogP contribution in [0.25, 0.3) is 0 Å². The number of hydrogen-bond donors (Lipinski definition) is 0. The second-order valence-electron chi connectivity index (χ2n) is 4.57. The van der Waals surface area contributed by atoms with Gasteiger partial charge in [-0.2, -0.15) is 0 Å².